The number of benzene rings is 2. The molecule has 8 heteroatoms. The van der Waals surface area contributed by atoms with Crippen molar-refractivity contribution in [1.82, 2.24) is 10.1 Å². The third-order valence-corrected chi connectivity index (χ3v) is 3.77. The fourth-order valence-electron chi connectivity index (χ4n) is 2.05. The smallest absolute Gasteiger partial charge is 0.341 e. The highest BCUT2D eigenvalue weighted by Gasteiger charge is 2.16. The van der Waals surface area contributed by atoms with Gasteiger partial charge in [0.25, 0.3) is 5.89 Å². The zero-order chi connectivity index (χ0) is 17.8. The van der Waals surface area contributed by atoms with E-state index in [9.17, 15) is 9.18 Å². The van der Waals surface area contributed by atoms with Crippen LogP contribution in [0.5, 0.6) is 5.75 Å². The van der Waals surface area contributed by atoms with Crippen LogP contribution in [0.3, 0.4) is 0 Å². The second kappa shape index (κ2) is 7.43. The molecule has 3 rings (SSSR count). The van der Waals surface area contributed by atoms with Gasteiger partial charge in [-0.3, -0.25) is 0 Å². The normalized spacial score (nSPS) is 10.5. The van der Waals surface area contributed by atoms with E-state index in [0.717, 1.165) is 16.1 Å². The predicted octanol–water partition coefficient (Wildman–Crippen LogP) is 4.00. The van der Waals surface area contributed by atoms with Gasteiger partial charge >= 0.3 is 5.97 Å². The lowest BCUT2D eigenvalue weighted by atomic mass is 10.2. The van der Waals surface area contributed by atoms with E-state index in [1.54, 1.807) is 0 Å². The molecule has 128 valence electrons. The molecule has 0 aliphatic carbocycles. The standard InChI is InChI=1S/C17H12BrFN2O4/c1-23-12-5-6-13(14(19)8-12)17(22)24-9-15-20-16(21-25-15)10-3-2-4-11(18)7-10/h2-8H,9H2,1H3. The molecule has 0 aliphatic heterocycles. The van der Waals surface area contributed by atoms with Crippen LogP contribution in [-0.2, 0) is 11.3 Å². The average Bonchev–Trinajstić information content (AvgIpc) is 3.08. The SMILES string of the molecule is COc1ccc(C(=O)OCc2nc(-c3cccc(Br)c3)no2)c(F)c1. The number of ether oxygens (including phenoxy) is 2. The number of aromatic nitrogens is 2. The van der Waals surface area contributed by atoms with Crippen molar-refractivity contribution >= 4 is 21.9 Å². The number of carbonyl (C=O) groups excluding carboxylic acids is 1. The van der Waals surface area contributed by atoms with Crippen LogP contribution in [0.15, 0.2) is 51.5 Å². The molecule has 3 aromatic rings. The molecule has 0 saturated heterocycles. The molecule has 1 aromatic heterocycles. The first-order chi connectivity index (χ1) is 12.1. The minimum Gasteiger partial charge on any atom is -0.497 e. The highest BCUT2D eigenvalue weighted by molar-refractivity contribution is 9.10. The molecule has 0 atom stereocenters. The molecular weight excluding hydrogens is 395 g/mol. The topological polar surface area (TPSA) is 74.5 Å². The highest BCUT2D eigenvalue weighted by atomic mass is 79.9. The summed E-state index contributed by atoms with van der Waals surface area (Å²) in [4.78, 5) is 16.1. The van der Waals surface area contributed by atoms with Gasteiger partial charge in [0.15, 0.2) is 6.61 Å². The number of esters is 1. The van der Waals surface area contributed by atoms with Crippen LogP contribution in [0.1, 0.15) is 16.2 Å². The summed E-state index contributed by atoms with van der Waals surface area (Å²) in [5.74, 6) is -0.781. The highest BCUT2D eigenvalue weighted by Crippen LogP contribution is 2.21. The number of nitrogens with zero attached hydrogens (tertiary/aromatic N) is 2. The summed E-state index contributed by atoms with van der Waals surface area (Å²) >= 11 is 3.36. The fourth-order valence-corrected chi connectivity index (χ4v) is 2.45. The van der Waals surface area contributed by atoms with Gasteiger partial charge < -0.3 is 14.0 Å². The minimum atomic E-state index is -0.831. The van der Waals surface area contributed by atoms with Crippen LogP contribution in [0.25, 0.3) is 11.4 Å². The van der Waals surface area contributed by atoms with E-state index in [1.165, 1.54) is 19.2 Å². The van der Waals surface area contributed by atoms with Crippen LogP contribution in [0.2, 0.25) is 0 Å². The number of rotatable bonds is 5. The van der Waals surface area contributed by atoms with E-state index in [1.807, 2.05) is 24.3 Å². The first-order valence-electron chi connectivity index (χ1n) is 7.16. The molecule has 0 unspecified atom stereocenters. The lowest BCUT2D eigenvalue weighted by molar-refractivity contribution is 0.0424. The summed E-state index contributed by atoms with van der Waals surface area (Å²) in [6.07, 6.45) is 0. The Bertz CT molecular complexity index is 913. The van der Waals surface area contributed by atoms with Crippen molar-refractivity contribution in [2.75, 3.05) is 7.11 Å². The Morgan fingerprint density at radius 3 is 2.84 bits per heavy atom. The van der Waals surface area contributed by atoms with Crippen molar-refractivity contribution in [3.8, 4) is 17.1 Å². The number of carbonyl (C=O) groups is 1. The van der Waals surface area contributed by atoms with E-state index in [2.05, 4.69) is 26.1 Å². The number of hydrogen-bond acceptors (Lipinski definition) is 6. The molecule has 0 radical (unpaired) electrons. The third-order valence-electron chi connectivity index (χ3n) is 3.27. The van der Waals surface area contributed by atoms with Crippen LogP contribution >= 0.6 is 15.9 Å². The maximum Gasteiger partial charge on any atom is 0.341 e. The number of hydrogen-bond donors (Lipinski definition) is 0. The Labute approximate surface area is 150 Å². The van der Waals surface area contributed by atoms with E-state index in [-0.39, 0.29) is 18.1 Å². The summed E-state index contributed by atoms with van der Waals surface area (Å²) in [7, 11) is 1.41. The monoisotopic (exact) mass is 406 g/mol. The maximum atomic E-state index is 13.8. The molecule has 25 heavy (non-hydrogen) atoms. The van der Waals surface area contributed by atoms with Crippen LogP contribution in [0, 0.1) is 5.82 Å². The molecule has 0 fully saturated rings. The summed E-state index contributed by atoms with van der Waals surface area (Å²) < 4.78 is 29.7. The Morgan fingerprint density at radius 2 is 2.12 bits per heavy atom. The average molecular weight is 407 g/mol. The molecular formula is C17H12BrFN2O4. The first kappa shape index (κ1) is 17.1. The van der Waals surface area contributed by atoms with Crippen LogP contribution < -0.4 is 4.74 Å². The van der Waals surface area contributed by atoms with Gasteiger partial charge in [0.2, 0.25) is 5.82 Å². The lowest BCUT2D eigenvalue weighted by Crippen LogP contribution is -2.08. The van der Waals surface area contributed by atoms with Gasteiger partial charge in [0, 0.05) is 16.1 Å². The maximum absolute atomic E-state index is 13.8. The molecule has 0 amide bonds. The summed E-state index contributed by atoms with van der Waals surface area (Å²) in [6, 6.07) is 11.2. The zero-order valence-corrected chi connectivity index (χ0v) is 14.6. The van der Waals surface area contributed by atoms with Crippen LogP contribution in [-0.4, -0.2) is 23.2 Å². The van der Waals surface area contributed by atoms with Gasteiger partial charge in [-0.1, -0.05) is 33.2 Å². The van der Waals surface area contributed by atoms with Crippen LogP contribution in [0.4, 0.5) is 4.39 Å². The van der Waals surface area contributed by atoms with Crippen molar-refractivity contribution in [2.24, 2.45) is 0 Å². The van der Waals surface area contributed by atoms with Gasteiger partial charge in [-0.25, -0.2) is 9.18 Å². The molecule has 6 nitrogen and oxygen atoms in total. The largest absolute Gasteiger partial charge is 0.497 e. The van der Waals surface area contributed by atoms with Gasteiger partial charge in [-0.2, -0.15) is 4.98 Å². The van der Waals surface area contributed by atoms with E-state index < -0.39 is 11.8 Å². The Kier molecular flexibility index (Phi) is 5.08. The zero-order valence-electron chi connectivity index (χ0n) is 13.0. The van der Waals surface area contributed by atoms with E-state index in [4.69, 9.17) is 14.0 Å². The Morgan fingerprint density at radius 1 is 1.28 bits per heavy atom. The van der Waals surface area contributed by atoms with Crippen molar-refractivity contribution in [1.29, 1.82) is 0 Å². The van der Waals surface area contributed by atoms with Gasteiger partial charge in [-0.15, -0.1) is 0 Å². The second-order valence-electron chi connectivity index (χ2n) is 4.94. The summed E-state index contributed by atoms with van der Waals surface area (Å²) in [5.41, 5.74) is 0.546. The quantitative estimate of drug-likeness (QED) is 0.596. The predicted molar refractivity (Wildman–Crippen MR) is 89.5 cm³/mol. The summed E-state index contributed by atoms with van der Waals surface area (Å²) in [6.45, 7) is -0.259. The first-order valence-corrected chi connectivity index (χ1v) is 7.95. The second-order valence-corrected chi connectivity index (χ2v) is 5.86. The third kappa shape index (κ3) is 4.03. The Hall–Kier alpha value is -2.74. The summed E-state index contributed by atoms with van der Waals surface area (Å²) in [5, 5.41) is 3.83. The molecule has 0 spiro atoms. The molecule has 1 heterocycles. The molecule has 0 aliphatic rings. The van der Waals surface area contributed by atoms with Gasteiger partial charge in [0.1, 0.15) is 11.6 Å². The van der Waals surface area contributed by atoms with Crippen molar-refractivity contribution < 1.29 is 23.2 Å². The molecule has 0 saturated carbocycles. The molecule has 0 bridgehead atoms. The number of methoxy groups -OCH3 is 1. The molecule has 2 aromatic carbocycles. The van der Waals surface area contributed by atoms with Gasteiger partial charge in [0.05, 0.1) is 12.7 Å². The minimum absolute atomic E-state index is 0.109. The van der Waals surface area contributed by atoms with E-state index in [0.29, 0.717) is 11.6 Å². The van der Waals surface area contributed by atoms with Crippen molar-refractivity contribution in [2.45, 2.75) is 6.61 Å². The van der Waals surface area contributed by atoms with Crippen molar-refractivity contribution in [3.05, 3.63) is 64.2 Å². The fraction of sp³-hybridized carbons (Fsp3) is 0.118. The van der Waals surface area contributed by atoms with E-state index >= 15 is 0 Å². The van der Waals surface area contributed by atoms with Gasteiger partial charge in [-0.05, 0) is 24.3 Å². The lowest BCUT2D eigenvalue weighted by Gasteiger charge is -2.05. The Balaban J connectivity index is 1.67. The number of halogens is 2. The molecule has 0 N–H and O–H groups in total. The van der Waals surface area contributed by atoms with Crippen molar-refractivity contribution in [3.63, 3.8) is 0 Å².